The maximum absolute atomic E-state index is 3.48. The zero-order chi connectivity index (χ0) is 15.5. The van der Waals surface area contributed by atoms with Gasteiger partial charge in [-0.1, -0.05) is 67.4 Å². The third kappa shape index (κ3) is 5.21. The van der Waals surface area contributed by atoms with Crippen molar-refractivity contribution in [3.05, 3.63) is 60.2 Å². The molecule has 2 nitrogen and oxygen atoms in total. The maximum atomic E-state index is 3.48. The first-order chi connectivity index (χ1) is 11.4. The van der Waals surface area contributed by atoms with Gasteiger partial charge in [0.1, 0.15) is 0 Å². The van der Waals surface area contributed by atoms with Crippen molar-refractivity contribution in [3.63, 3.8) is 0 Å². The molecule has 1 heterocycles. The summed E-state index contributed by atoms with van der Waals surface area (Å²) in [5.74, 6) is 0.962. The van der Waals surface area contributed by atoms with E-state index in [9.17, 15) is 0 Å². The summed E-state index contributed by atoms with van der Waals surface area (Å²) in [6, 6.07) is 20.6. The topological polar surface area (TPSA) is 15.3 Å². The molecule has 1 atom stereocenters. The van der Waals surface area contributed by atoms with Gasteiger partial charge in [-0.3, -0.25) is 4.90 Å². The normalized spacial score (nSPS) is 18.7. The molecule has 2 aromatic carbocycles. The Bertz CT molecular complexity index is 620. The van der Waals surface area contributed by atoms with Crippen LogP contribution in [0.1, 0.15) is 30.9 Å². The summed E-state index contributed by atoms with van der Waals surface area (Å²) < 4.78 is 0. The lowest BCUT2D eigenvalue weighted by Gasteiger charge is -2.35. The van der Waals surface area contributed by atoms with E-state index < -0.39 is 0 Å². The van der Waals surface area contributed by atoms with Crippen LogP contribution in [-0.2, 0) is 0 Å². The summed E-state index contributed by atoms with van der Waals surface area (Å²) in [6.45, 7) is 4.61. The first-order valence-corrected chi connectivity index (χ1v) is 9.00. The number of piperazine rings is 1. The number of hydrogen-bond acceptors (Lipinski definition) is 2. The van der Waals surface area contributed by atoms with Gasteiger partial charge in [0.25, 0.3) is 0 Å². The van der Waals surface area contributed by atoms with Crippen LogP contribution in [0.3, 0.4) is 0 Å². The van der Waals surface area contributed by atoms with Crippen molar-refractivity contribution in [1.82, 2.24) is 10.2 Å². The molecule has 2 fully saturated rings. The number of hydrogen-bond donors (Lipinski definition) is 1. The van der Waals surface area contributed by atoms with Gasteiger partial charge in [0.2, 0.25) is 0 Å². The van der Waals surface area contributed by atoms with Gasteiger partial charge in [-0.05, 0) is 29.0 Å². The van der Waals surface area contributed by atoms with Gasteiger partial charge in [0.15, 0.2) is 0 Å². The van der Waals surface area contributed by atoms with Crippen molar-refractivity contribution in [2.24, 2.45) is 5.92 Å². The van der Waals surface area contributed by atoms with Crippen molar-refractivity contribution >= 4 is 24.8 Å². The average Bonchev–Trinajstić information content (AvgIpc) is 3.46. The highest BCUT2D eigenvalue weighted by atomic mass is 35.5. The van der Waals surface area contributed by atoms with E-state index in [4.69, 9.17) is 0 Å². The lowest BCUT2D eigenvalue weighted by Crippen LogP contribution is -2.45. The number of benzene rings is 2. The molecule has 1 N–H and O–H groups in total. The highest BCUT2D eigenvalue weighted by Gasteiger charge is 2.30. The molecule has 4 heteroatoms. The second-order valence-electron chi connectivity index (χ2n) is 6.97. The lowest BCUT2D eigenvalue weighted by molar-refractivity contribution is 0.160. The van der Waals surface area contributed by atoms with Crippen molar-refractivity contribution in [3.8, 4) is 11.1 Å². The quantitative estimate of drug-likeness (QED) is 0.791. The lowest BCUT2D eigenvalue weighted by atomic mass is 9.96. The Labute approximate surface area is 163 Å². The Balaban J connectivity index is 0.00000113. The molecule has 25 heavy (non-hydrogen) atoms. The Morgan fingerprint density at radius 1 is 0.840 bits per heavy atom. The summed E-state index contributed by atoms with van der Waals surface area (Å²) in [5.41, 5.74) is 4.12. The highest BCUT2D eigenvalue weighted by Crippen LogP contribution is 2.40. The van der Waals surface area contributed by atoms with E-state index in [1.807, 2.05) is 0 Å². The molecule has 1 saturated carbocycles. The minimum absolute atomic E-state index is 0. The van der Waals surface area contributed by atoms with Crippen LogP contribution >= 0.6 is 24.8 Å². The summed E-state index contributed by atoms with van der Waals surface area (Å²) in [7, 11) is 0. The summed E-state index contributed by atoms with van der Waals surface area (Å²) in [5, 5.41) is 3.48. The minimum atomic E-state index is 0. The predicted octanol–water partition coefficient (Wildman–Crippen LogP) is 4.94. The van der Waals surface area contributed by atoms with E-state index >= 15 is 0 Å². The molecule has 1 saturated heterocycles. The van der Waals surface area contributed by atoms with E-state index in [2.05, 4.69) is 64.8 Å². The van der Waals surface area contributed by atoms with Crippen LogP contribution in [0, 0.1) is 5.92 Å². The molecule has 1 aliphatic carbocycles. The van der Waals surface area contributed by atoms with Crippen LogP contribution < -0.4 is 5.32 Å². The van der Waals surface area contributed by atoms with Gasteiger partial charge in [-0.2, -0.15) is 0 Å². The van der Waals surface area contributed by atoms with Crippen molar-refractivity contribution in [1.29, 1.82) is 0 Å². The number of nitrogens with one attached hydrogen (secondary N) is 1. The van der Waals surface area contributed by atoms with E-state index in [-0.39, 0.29) is 24.8 Å². The van der Waals surface area contributed by atoms with Crippen molar-refractivity contribution in [2.75, 3.05) is 26.2 Å². The fourth-order valence-corrected chi connectivity index (χ4v) is 3.69. The Morgan fingerprint density at radius 3 is 2.04 bits per heavy atom. The minimum Gasteiger partial charge on any atom is -0.314 e. The molecule has 0 radical (unpaired) electrons. The van der Waals surface area contributed by atoms with Gasteiger partial charge >= 0.3 is 0 Å². The largest absolute Gasteiger partial charge is 0.314 e. The molecule has 2 aliphatic rings. The van der Waals surface area contributed by atoms with Crippen molar-refractivity contribution in [2.45, 2.75) is 25.3 Å². The Kier molecular flexibility index (Phi) is 7.77. The second kappa shape index (κ2) is 9.59. The molecule has 1 aliphatic heterocycles. The van der Waals surface area contributed by atoms with Crippen LogP contribution in [0.4, 0.5) is 0 Å². The van der Waals surface area contributed by atoms with E-state index in [1.165, 1.54) is 49.0 Å². The number of rotatable bonds is 5. The van der Waals surface area contributed by atoms with Gasteiger partial charge in [0, 0.05) is 32.2 Å². The van der Waals surface area contributed by atoms with Crippen LogP contribution in [0.25, 0.3) is 11.1 Å². The number of halogens is 2. The molecule has 0 unspecified atom stereocenters. The third-order valence-corrected chi connectivity index (χ3v) is 5.25. The summed E-state index contributed by atoms with van der Waals surface area (Å²) in [6.07, 6.45) is 4.21. The molecular formula is C21H28Cl2N2. The van der Waals surface area contributed by atoms with Crippen LogP contribution in [0.15, 0.2) is 54.6 Å². The van der Waals surface area contributed by atoms with E-state index in [0.717, 1.165) is 19.0 Å². The van der Waals surface area contributed by atoms with Crippen molar-refractivity contribution < 1.29 is 0 Å². The first-order valence-electron chi connectivity index (χ1n) is 9.00. The monoisotopic (exact) mass is 378 g/mol. The summed E-state index contributed by atoms with van der Waals surface area (Å²) >= 11 is 0. The Morgan fingerprint density at radius 2 is 1.44 bits per heavy atom. The zero-order valence-electron chi connectivity index (χ0n) is 14.6. The first kappa shape index (κ1) is 20.3. The molecule has 0 amide bonds. The molecule has 2 aromatic rings. The second-order valence-corrected chi connectivity index (χ2v) is 6.97. The molecule has 4 rings (SSSR count). The van der Waals surface area contributed by atoms with Crippen LogP contribution in [0.5, 0.6) is 0 Å². The standard InChI is InChI=1S/C21H26N2.2ClH/c1-2-4-18(5-3-1)19-8-10-20(11-9-19)21(16-17-6-7-17)23-14-12-22-13-15-23;;/h1-5,8-11,17,21-22H,6-7,12-16H2;2*1H/t21-;;/m1../s1. The fourth-order valence-electron chi connectivity index (χ4n) is 3.69. The summed E-state index contributed by atoms with van der Waals surface area (Å²) in [4.78, 5) is 2.69. The molecular weight excluding hydrogens is 351 g/mol. The maximum Gasteiger partial charge on any atom is 0.0351 e. The van der Waals surface area contributed by atoms with Gasteiger partial charge in [-0.25, -0.2) is 0 Å². The fraction of sp³-hybridized carbons (Fsp3) is 0.429. The van der Waals surface area contributed by atoms with E-state index in [1.54, 1.807) is 0 Å². The highest BCUT2D eigenvalue weighted by molar-refractivity contribution is 5.85. The predicted molar refractivity (Wildman–Crippen MR) is 111 cm³/mol. The number of nitrogens with zero attached hydrogens (tertiary/aromatic N) is 1. The molecule has 136 valence electrons. The van der Waals surface area contributed by atoms with Gasteiger partial charge < -0.3 is 5.32 Å². The SMILES string of the molecule is Cl.Cl.c1ccc(-c2ccc([C@@H](CC3CC3)N3CCNCC3)cc2)cc1. The third-order valence-electron chi connectivity index (χ3n) is 5.25. The zero-order valence-corrected chi connectivity index (χ0v) is 16.2. The van der Waals surface area contributed by atoms with Gasteiger partial charge in [-0.15, -0.1) is 24.8 Å². The van der Waals surface area contributed by atoms with Crippen LogP contribution in [-0.4, -0.2) is 31.1 Å². The molecule has 0 bridgehead atoms. The molecule has 0 spiro atoms. The smallest absolute Gasteiger partial charge is 0.0351 e. The average molecular weight is 379 g/mol. The van der Waals surface area contributed by atoms with Crippen LogP contribution in [0.2, 0.25) is 0 Å². The Hall–Kier alpha value is -1.06. The molecule has 0 aromatic heterocycles. The van der Waals surface area contributed by atoms with Gasteiger partial charge in [0.05, 0.1) is 0 Å². The van der Waals surface area contributed by atoms with E-state index in [0.29, 0.717) is 6.04 Å².